The maximum Gasteiger partial charge on any atom is 0.263 e. The van der Waals surface area contributed by atoms with Crippen LogP contribution in [0.2, 0.25) is 10.0 Å². The third-order valence-electron chi connectivity index (χ3n) is 3.84. The molecule has 6 nitrogen and oxygen atoms in total. The van der Waals surface area contributed by atoms with Crippen molar-refractivity contribution in [3.8, 4) is 11.5 Å². The van der Waals surface area contributed by atoms with Crippen LogP contribution in [0.15, 0.2) is 42.0 Å². The first-order chi connectivity index (χ1) is 13.4. The number of nitrogens with one attached hydrogen (secondary N) is 2. The van der Waals surface area contributed by atoms with E-state index in [1.54, 1.807) is 18.2 Å². The Morgan fingerprint density at radius 3 is 2.39 bits per heavy atom. The summed E-state index contributed by atoms with van der Waals surface area (Å²) >= 11 is 17.3. The molecule has 0 saturated carbocycles. The van der Waals surface area contributed by atoms with E-state index in [4.69, 9.17) is 44.9 Å². The molecule has 2 aromatic carbocycles. The standard InChI is InChI=1S/C19H14Cl2N2O4S/c1-26-15-8-10(6-12-17(24)22-19(28)23-18(12)25)7-14(21)16(15)27-9-11-4-2-3-5-13(11)20/h2-8H,9H2,1H3,(H2,22,23,24,25,28). The van der Waals surface area contributed by atoms with Gasteiger partial charge in [-0.2, -0.15) is 0 Å². The van der Waals surface area contributed by atoms with Crippen LogP contribution in [0.5, 0.6) is 11.5 Å². The van der Waals surface area contributed by atoms with E-state index in [1.807, 2.05) is 18.2 Å². The monoisotopic (exact) mass is 436 g/mol. The topological polar surface area (TPSA) is 76.7 Å². The van der Waals surface area contributed by atoms with Crippen molar-refractivity contribution in [1.82, 2.24) is 10.6 Å². The number of thiocarbonyl (C=S) groups is 1. The maximum absolute atomic E-state index is 12.0. The molecular weight excluding hydrogens is 423 g/mol. The second-order valence-corrected chi connectivity index (χ2v) is 6.93. The minimum atomic E-state index is -0.595. The Hall–Kier alpha value is -2.61. The van der Waals surface area contributed by atoms with Crippen LogP contribution in [-0.2, 0) is 16.2 Å². The SMILES string of the molecule is COc1cc(C=C2C(=O)NC(=S)NC2=O)cc(Cl)c1OCc1ccccc1Cl. The first-order valence-electron chi connectivity index (χ1n) is 8.01. The molecule has 1 heterocycles. The Bertz CT molecular complexity index is 985. The number of benzene rings is 2. The predicted octanol–water partition coefficient (Wildman–Crippen LogP) is 3.50. The van der Waals surface area contributed by atoms with Gasteiger partial charge in [0.1, 0.15) is 12.2 Å². The molecule has 3 rings (SSSR count). The predicted molar refractivity (Wildman–Crippen MR) is 111 cm³/mol. The quantitative estimate of drug-likeness (QED) is 0.426. The molecule has 0 bridgehead atoms. The molecule has 144 valence electrons. The van der Waals surface area contributed by atoms with Crippen LogP contribution in [0.25, 0.3) is 6.08 Å². The van der Waals surface area contributed by atoms with Gasteiger partial charge >= 0.3 is 0 Å². The van der Waals surface area contributed by atoms with Crippen molar-refractivity contribution < 1.29 is 19.1 Å². The first kappa shape index (κ1) is 20.1. The number of hydrogen-bond acceptors (Lipinski definition) is 5. The molecular formula is C19H14Cl2N2O4S. The molecule has 1 fully saturated rings. The van der Waals surface area contributed by atoms with E-state index in [0.717, 1.165) is 5.56 Å². The van der Waals surface area contributed by atoms with Gasteiger partial charge in [-0.05, 0) is 42.1 Å². The Kier molecular flexibility index (Phi) is 6.18. The van der Waals surface area contributed by atoms with E-state index >= 15 is 0 Å². The summed E-state index contributed by atoms with van der Waals surface area (Å²) in [6.07, 6.45) is 1.39. The molecule has 0 radical (unpaired) electrons. The summed E-state index contributed by atoms with van der Waals surface area (Å²) in [6, 6.07) is 10.4. The smallest absolute Gasteiger partial charge is 0.263 e. The summed E-state index contributed by atoms with van der Waals surface area (Å²) in [7, 11) is 1.46. The van der Waals surface area contributed by atoms with Crippen LogP contribution in [0.3, 0.4) is 0 Å². The largest absolute Gasteiger partial charge is 0.493 e. The summed E-state index contributed by atoms with van der Waals surface area (Å²) in [6.45, 7) is 0.193. The van der Waals surface area contributed by atoms with Gasteiger partial charge in [0.2, 0.25) is 0 Å². The highest BCUT2D eigenvalue weighted by molar-refractivity contribution is 7.80. The van der Waals surface area contributed by atoms with Crippen LogP contribution in [0.4, 0.5) is 0 Å². The number of ether oxygens (including phenoxy) is 2. The summed E-state index contributed by atoms with van der Waals surface area (Å²) < 4.78 is 11.1. The Balaban J connectivity index is 1.88. The van der Waals surface area contributed by atoms with Crippen LogP contribution in [-0.4, -0.2) is 24.0 Å². The molecule has 0 aromatic heterocycles. The zero-order valence-corrected chi connectivity index (χ0v) is 16.9. The molecule has 1 aliphatic heterocycles. The van der Waals surface area contributed by atoms with Gasteiger partial charge in [0.15, 0.2) is 16.6 Å². The van der Waals surface area contributed by atoms with Crippen LogP contribution < -0.4 is 20.1 Å². The van der Waals surface area contributed by atoms with Crippen molar-refractivity contribution in [3.63, 3.8) is 0 Å². The van der Waals surface area contributed by atoms with Gasteiger partial charge in [0.25, 0.3) is 11.8 Å². The fraction of sp³-hybridized carbons (Fsp3) is 0.105. The molecule has 0 unspecified atom stereocenters. The van der Waals surface area contributed by atoms with E-state index in [9.17, 15) is 9.59 Å². The molecule has 0 aliphatic carbocycles. The van der Waals surface area contributed by atoms with E-state index in [-0.39, 0.29) is 22.3 Å². The molecule has 2 aromatic rings. The van der Waals surface area contributed by atoms with Crippen molar-refractivity contribution in [2.24, 2.45) is 0 Å². The van der Waals surface area contributed by atoms with Gasteiger partial charge < -0.3 is 9.47 Å². The number of methoxy groups -OCH3 is 1. The van der Waals surface area contributed by atoms with Gasteiger partial charge in [-0.25, -0.2) is 0 Å². The first-order valence-corrected chi connectivity index (χ1v) is 9.17. The zero-order chi connectivity index (χ0) is 20.3. The van der Waals surface area contributed by atoms with Crippen molar-refractivity contribution in [2.45, 2.75) is 6.61 Å². The Morgan fingerprint density at radius 1 is 1.07 bits per heavy atom. The lowest BCUT2D eigenvalue weighted by Gasteiger charge is -2.17. The van der Waals surface area contributed by atoms with Gasteiger partial charge in [-0.3, -0.25) is 20.2 Å². The van der Waals surface area contributed by atoms with Crippen LogP contribution in [0.1, 0.15) is 11.1 Å². The number of rotatable bonds is 5. The second kappa shape index (κ2) is 8.60. The lowest BCUT2D eigenvalue weighted by Crippen LogP contribution is -2.51. The Morgan fingerprint density at radius 2 is 1.75 bits per heavy atom. The number of amides is 2. The average Bonchev–Trinajstić information content (AvgIpc) is 2.64. The molecule has 9 heteroatoms. The van der Waals surface area contributed by atoms with Crippen molar-refractivity contribution >= 4 is 58.4 Å². The second-order valence-electron chi connectivity index (χ2n) is 5.71. The number of halogens is 2. The number of hydrogen-bond donors (Lipinski definition) is 2. The van der Waals surface area contributed by atoms with Gasteiger partial charge in [-0.1, -0.05) is 41.4 Å². The van der Waals surface area contributed by atoms with Crippen LogP contribution in [0, 0.1) is 0 Å². The van der Waals surface area contributed by atoms with Gasteiger partial charge in [0, 0.05) is 10.6 Å². The maximum atomic E-state index is 12.0. The molecule has 1 saturated heterocycles. The molecule has 0 atom stereocenters. The Labute approximate surface area is 176 Å². The third-order valence-corrected chi connectivity index (χ3v) is 4.69. The van der Waals surface area contributed by atoms with E-state index in [2.05, 4.69) is 10.6 Å². The molecule has 1 aliphatic rings. The molecule has 28 heavy (non-hydrogen) atoms. The van der Waals surface area contributed by atoms with E-state index in [1.165, 1.54) is 13.2 Å². The highest BCUT2D eigenvalue weighted by Gasteiger charge is 2.26. The van der Waals surface area contributed by atoms with Crippen molar-refractivity contribution in [2.75, 3.05) is 7.11 Å². The minimum absolute atomic E-state index is 0.0360. The number of carbonyl (C=O) groups is 2. The number of carbonyl (C=O) groups excluding carboxylic acids is 2. The third kappa shape index (κ3) is 4.44. The van der Waals surface area contributed by atoms with Crippen molar-refractivity contribution in [1.29, 1.82) is 0 Å². The fourth-order valence-corrected chi connectivity index (χ4v) is 3.15. The van der Waals surface area contributed by atoms with E-state index in [0.29, 0.717) is 22.1 Å². The zero-order valence-electron chi connectivity index (χ0n) is 14.5. The molecule has 2 N–H and O–H groups in total. The summed E-state index contributed by atoms with van der Waals surface area (Å²) in [5, 5.41) is 5.53. The lowest BCUT2D eigenvalue weighted by atomic mass is 10.1. The summed E-state index contributed by atoms with van der Waals surface area (Å²) in [5.74, 6) is -0.519. The molecule has 0 spiro atoms. The fourth-order valence-electron chi connectivity index (χ4n) is 2.50. The normalized spacial score (nSPS) is 13.7. The van der Waals surface area contributed by atoms with E-state index < -0.39 is 11.8 Å². The van der Waals surface area contributed by atoms with Gasteiger partial charge in [-0.15, -0.1) is 0 Å². The summed E-state index contributed by atoms with van der Waals surface area (Å²) in [4.78, 5) is 24.0. The van der Waals surface area contributed by atoms with Gasteiger partial charge in [0.05, 0.1) is 12.1 Å². The average molecular weight is 437 g/mol. The minimum Gasteiger partial charge on any atom is -0.493 e. The molecule has 2 amide bonds. The lowest BCUT2D eigenvalue weighted by molar-refractivity contribution is -0.123. The van der Waals surface area contributed by atoms with Crippen LogP contribution >= 0.6 is 35.4 Å². The van der Waals surface area contributed by atoms with Crippen molar-refractivity contribution in [3.05, 3.63) is 63.1 Å². The highest BCUT2D eigenvalue weighted by Crippen LogP contribution is 2.38. The summed E-state index contributed by atoms with van der Waals surface area (Å²) in [5.41, 5.74) is 1.18. The highest BCUT2D eigenvalue weighted by atomic mass is 35.5.